The van der Waals surface area contributed by atoms with E-state index in [1.807, 2.05) is 0 Å². The molecule has 0 fully saturated rings. The normalized spacial score (nSPS) is 11.6. The summed E-state index contributed by atoms with van der Waals surface area (Å²) in [5, 5.41) is 3.67. The molecule has 0 bridgehead atoms. The summed E-state index contributed by atoms with van der Waals surface area (Å²) in [7, 11) is 0. The Morgan fingerprint density at radius 2 is 1.88 bits per heavy atom. The van der Waals surface area contributed by atoms with Gasteiger partial charge in [0.05, 0.1) is 16.7 Å². The SMILES string of the molecule is FC(F)(F)COCCNc1ccc(Cl)c(Cl)c1. The Morgan fingerprint density at radius 1 is 1.18 bits per heavy atom. The molecule has 1 N–H and O–H groups in total. The van der Waals surface area contributed by atoms with Crippen molar-refractivity contribution in [2.24, 2.45) is 0 Å². The van der Waals surface area contributed by atoms with E-state index in [0.717, 1.165) is 0 Å². The molecule has 96 valence electrons. The predicted octanol–water partition coefficient (Wildman–Crippen LogP) is 3.98. The van der Waals surface area contributed by atoms with Crippen LogP contribution >= 0.6 is 23.2 Å². The molecular formula is C10H10Cl2F3NO. The Balaban J connectivity index is 2.25. The molecular weight excluding hydrogens is 278 g/mol. The summed E-state index contributed by atoms with van der Waals surface area (Å²) in [5.41, 5.74) is 0.676. The molecule has 2 nitrogen and oxygen atoms in total. The van der Waals surface area contributed by atoms with Crippen LogP contribution in [0.15, 0.2) is 18.2 Å². The van der Waals surface area contributed by atoms with Crippen molar-refractivity contribution in [2.45, 2.75) is 6.18 Å². The number of alkyl halides is 3. The van der Waals surface area contributed by atoms with Gasteiger partial charge >= 0.3 is 6.18 Å². The minimum atomic E-state index is -4.29. The first-order chi connectivity index (χ1) is 7.88. The van der Waals surface area contributed by atoms with Crippen molar-refractivity contribution in [3.63, 3.8) is 0 Å². The van der Waals surface area contributed by atoms with E-state index in [1.165, 1.54) is 0 Å². The molecule has 0 aliphatic carbocycles. The van der Waals surface area contributed by atoms with Crippen LogP contribution in [0, 0.1) is 0 Å². The lowest BCUT2D eigenvalue weighted by Crippen LogP contribution is -2.20. The zero-order valence-electron chi connectivity index (χ0n) is 8.65. The molecule has 0 saturated carbocycles. The van der Waals surface area contributed by atoms with Gasteiger partial charge in [0.2, 0.25) is 0 Å². The van der Waals surface area contributed by atoms with Gasteiger partial charge in [-0.25, -0.2) is 0 Å². The smallest absolute Gasteiger partial charge is 0.383 e. The van der Waals surface area contributed by atoms with E-state index in [9.17, 15) is 13.2 Å². The molecule has 7 heteroatoms. The monoisotopic (exact) mass is 287 g/mol. The topological polar surface area (TPSA) is 21.3 Å². The van der Waals surface area contributed by atoms with Gasteiger partial charge in [-0.3, -0.25) is 0 Å². The highest BCUT2D eigenvalue weighted by atomic mass is 35.5. The number of ether oxygens (including phenoxy) is 1. The van der Waals surface area contributed by atoms with Gasteiger partial charge in [0.15, 0.2) is 0 Å². The second-order valence-corrected chi connectivity index (χ2v) is 4.04. The number of anilines is 1. The molecule has 0 radical (unpaired) electrons. The maximum Gasteiger partial charge on any atom is 0.411 e. The lowest BCUT2D eigenvalue weighted by atomic mass is 10.3. The highest BCUT2D eigenvalue weighted by Crippen LogP contribution is 2.24. The molecule has 0 spiro atoms. The maximum absolute atomic E-state index is 11.7. The zero-order valence-corrected chi connectivity index (χ0v) is 10.2. The van der Waals surface area contributed by atoms with Crippen LogP contribution in [0.5, 0.6) is 0 Å². The summed E-state index contributed by atoms with van der Waals surface area (Å²) in [6, 6.07) is 4.87. The molecule has 0 saturated heterocycles. The number of halogens is 5. The van der Waals surface area contributed by atoms with Crippen molar-refractivity contribution in [3.8, 4) is 0 Å². The Bertz CT molecular complexity index is 371. The average molecular weight is 288 g/mol. The molecule has 0 aromatic heterocycles. The quantitative estimate of drug-likeness (QED) is 0.827. The van der Waals surface area contributed by atoms with Gasteiger partial charge in [-0.15, -0.1) is 0 Å². The number of hydrogen-bond acceptors (Lipinski definition) is 2. The number of nitrogens with one attached hydrogen (secondary N) is 1. The van der Waals surface area contributed by atoms with E-state index in [1.54, 1.807) is 18.2 Å². The van der Waals surface area contributed by atoms with Crippen LogP contribution in [-0.4, -0.2) is 25.9 Å². The fourth-order valence-electron chi connectivity index (χ4n) is 1.06. The van der Waals surface area contributed by atoms with Crippen molar-refractivity contribution in [1.29, 1.82) is 0 Å². The van der Waals surface area contributed by atoms with Gasteiger partial charge in [-0.05, 0) is 18.2 Å². The van der Waals surface area contributed by atoms with Crippen LogP contribution in [-0.2, 0) is 4.74 Å². The van der Waals surface area contributed by atoms with E-state index in [4.69, 9.17) is 23.2 Å². The lowest BCUT2D eigenvalue weighted by Gasteiger charge is -2.09. The van der Waals surface area contributed by atoms with E-state index >= 15 is 0 Å². The third-order valence-corrected chi connectivity index (χ3v) is 2.50. The molecule has 1 aromatic carbocycles. The Kier molecular flexibility index (Phi) is 5.36. The number of rotatable bonds is 5. The molecule has 0 aliphatic heterocycles. The number of hydrogen-bond donors (Lipinski definition) is 1. The molecule has 0 atom stereocenters. The van der Waals surface area contributed by atoms with Gasteiger partial charge in [0.25, 0.3) is 0 Å². The summed E-state index contributed by atoms with van der Waals surface area (Å²) in [6.45, 7) is -1.02. The Labute approximate surface area is 107 Å². The van der Waals surface area contributed by atoms with Crippen molar-refractivity contribution in [3.05, 3.63) is 28.2 Å². The lowest BCUT2D eigenvalue weighted by molar-refractivity contribution is -0.172. The predicted molar refractivity (Wildman–Crippen MR) is 61.8 cm³/mol. The molecule has 1 aromatic rings. The van der Waals surface area contributed by atoms with Gasteiger partial charge in [-0.2, -0.15) is 13.2 Å². The highest BCUT2D eigenvalue weighted by molar-refractivity contribution is 6.42. The standard InChI is InChI=1S/C10H10Cl2F3NO/c11-8-2-1-7(5-9(8)12)16-3-4-17-6-10(13,14)15/h1-2,5,16H,3-4,6H2. The molecule has 0 aliphatic rings. The molecule has 17 heavy (non-hydrogen) atoms. The Morgan fingerprint density at radius 3 is 2.47 bits per heavy atom. The van der Waals surface area contributed by atoms with Crippen molar-refractivity contribution in [1.82, 2.24) is 0 Å². The van der Waals surface area contributed by atoms with Crippen LogP contribution in [0.3, 0.4) is 0 Å². The van der Waals surface area contributed by atoms with E-state index < -0.39 is 12.8 Å². The van der Waals surface area contributed by atoms with Crippen molar-refractivity contribution < 1.29 is 17.9 Å². The van der Waals surface area contributed by atoms with Crippen molar-refractivity contribution in [2.75, 3.05) is 25.1 Å². The molecule has 0 unspecified atom stereocenters. The Hall–Kier alpha value is -0.650. The minimum Gasteiger partial charge on any atom is -0.383 e. The second-order valence-electron chi connectivity index (χ2n) is 3.22. The van der Waals surface area contributed by atoms with Gasteiger partial charge in [-0.1, -0.05) is 23.2 Å². The maximum atomic E-state index is 11.7. The third kappa shape index (κ3) is 6.00. The van der Waals surface area contributed by atoms with E-state index in [2.05, 4.69) is 10.1 Å². The van der Waals surface area contributed by atoms with Crippen LogP contribution in [0.2, 0.25) is 10.0 Å². The first-order valence-corrected chi connectivity index (χ1v) is 5.47. The van der Waals surface area contributed by atoms with E-state index in [-0.39, 0.29) is 13.2 Å². The minimum absolute atomic E-state index is 0.0419. The largest absolute Gasteiger partial charge is 0.411 e. The van der Waals surface area contributed by atoms with Crippen LogP contribution in [0.4, 0.5) is 18.9 Å². The summed E-state index contributed by atoms with van der Waals surface area (Å²) < 4.78 is 39.6. The summed E-state index contributed by atoms with van der Waals surface area (Å²) >= 11 is 11.5. The third-order valence-electron chi connectivity index (χ3n) is 1.76. The van der Waals surface area contributed by atoms with Crippen LogP contribution < -0.4 is 5.32 Å². The molecule has 0 amide bonds. The van der Waals surface area contributed by atoms with Gasteiger partial charge in [0.1, 0.15) is 6.61 Å². The van der Waals surface area contributed by atoms with E-state index in [0.29, 0.717) is 15.7 Å². The summed E-state index contributed by atoms with van der Waals surface area (Å²) in [6.07, 6.45) is -4.29. The second kappa shape index (κ2) is 6.33. The summed E-state index contributed by atoms with van der Waals surface area (Å²) in [4.78, 5) is 0. The van der Waals surface area contributed by atoms with Crippen molar-refractivity contribution >= 4 is 28.9 Å². The number of benzene rings is 1. The van der Waals surface area contributed by atoms with Crippen LogP contribution in [0.1, 0.15) is 0 Å². The van der Waals surface area contributed by atoms with Crippen LogP contribution in [0.25, 0.3) is 0 Å². The average Bonchev–Trinajstić information content (AvgIpc) is 2.21. The molecule has 0 heterocycles. The first kappa shape index (κ1) is 14.4. The highest BCUT2D eigenvalue weighted by Gasteiger charge is 2.27. The molecule has 1 rings (SSSR count). The fourth-order valence-corrected chi connectivity index (χ4v) is 1.36. The zero-order chi connectivity index (χ0) is 12.9. The van der Waals surface area contributed by atoms with Gasteiger partial charge < -0.3 is 10.1 Å². The van der Waals surface area contributed by atoms with Gasteiger partial charge in [0, 0.05) is 12.2 Å². The summed E-state index contributed by atoms with van der Waals surface area (Å²) in [5.74, 6) is 0. The first-order valence-electron chi connectivity index (χ1n) is 4.72. The fraction of sp³-hybridized carbons (Fsp3) is 0.400.